The van der Waals surface area contributed by atoms with Crippen molar-refractivity contribution in [2.45, 2.75) is 99.9 Å². The number of aliphatic hydroxyl groups excluding tert-OH is 2. The number of benzene rings is 1. The first-order valence-corrected chi connectivity index (χ1v) is 15.7. The number of aliphatic hydroxyl groups is 2. The highest BCUT2D eigenvalue weighted by atomic mass is 32.2. The summed E-state index contributed by atoms with van der Waals surface area (Å²) in [5.41, 5.74) is 3.55. The van der Waals surface area contributed by atoms with Gasteiger partial charge in [-0.1, -0.05) is 56.4 Å². The van der Waals surface area contributed by atoms with Crippen LogP contribution < -0.4 is 0 Å². The molecule has 4 saturated carbocycles. The van der Waals surface area contributed by atoms with Gasteiger partial charge in [0.1, 0.15) is 0 Å². The summed E-state index contributed by atoms with van der Waals surface area (Å²) in [6.07, 6.45) is 13.4. The van der Waals surface area contributed by atoms with Gasteiger partial charge in [-0.3, -0.25) is 4.21 Å². The molecule has 3 nitrogen and oxygen atoms in total. The van der Waals surface area contributed by atoms with Crippen LogP contribution in [0.3, 0.4) is 0 Å². The van der Waals surface area contributed by atoms with Gasteiger partial charge in [-0.25, -0.2) is 0 Å². The SMILES string of the molecule is C=C1/C(=C\C=C2/CCC[C@]3(C)[C@@H]([C@H](C)CC4(S(=C)(=O)c5ccccc5)CC4)CC[C@@H]23)C[C@@H](O)C[C@@H]1O. The van der Waals surface area contributed by atoms with Crippen LogP contribution in [0.25, 0.3) is 0 Å². The van der Waals surface area contributed by atoms with Gasteiger partial charge in [0, 0.05) is 25.6 Å². The molecule has 4 heteroatoms. The minimum Gasteiger partial charge on any atom is -0.393 e. The lowest BCUT2D eigenvalue weighted by Crippen LogP contribution is -2.38. The van der Waals surface area contributed by atoms with Crippen molar-refractivity contribution in [3.8, 4) is 0 Å². The van der Waals surface area contributed by atoms with Gasteiger partial charge in [0.15, 0.2) is 0 Å². The van der Waals surface area contributed by atoms with Gasteiger partial charge < -0.3 is 10.2 Å². The largest absolute Gasteiger partial charge is 0.393 e. The summed E-state index contributed by atoms with van der Waals surface area (Å²) in [7, 11) is -2.32. The van der Waals surface area contributed by atoms with E-state index in [9.17, 15) is 14.4 Å². The highest BCUT2D eigenvalue weighted by Crippen LogP contribution is 2.62. The van der Waals surface area contributed by atoms with E-state index >= 15 is 0 Å². The molecule has 4 aliphatic rings. The lowest BCUT2D eigenvalue weighted by atomic mass is 9.60. The Morgan fingerprint density at radius 1 is 1.14 bits per heavy atom. The van der Waals surface area contributed by atoms with Crippen LogP contribution in [-0.2, 0) is 9.52 Å². The third kappa shape index (κ3) is 4.48. The Hall–Kier alpha value is -1.62. The molecule has 0 spiro atoms. The molecule has 0 aromatic heterocycles. The molecule has 196 valence electrons. The van der Waals surface area contributed by atoms with E-state index in [2.05, 4.69) is 38.4 Å². The molecular weight excluding hydrogens is 464 g/mol. The zero-order valence-electron chi connectivity index (χ0n) is 22.1. The van der Waals surface area contributed by atoms with Crippen molar-refractivity contribution in [2.24, 2.45) is 23.2 Å². The Labute approximate surface area is 218 Å². The molecule has 0 amide bonds. The molecule has 0 heterocycles. The van der Waals surface area contributed by atoms with Crippen molar-refractivity contribution < 1.29 is 14.4 Å². The predicted octanol–water partition coefficient (Wildman–Crippen LogP) is 6.46. The molecule has 36 heavy (non-hydrogen) atoms. The maximum Gasteiger partial charge on any atom is 0.0811 e. The topological polar surface area (TPSA) is 57.5 Å². The van der Waals surface area contributed by atoms with E-state index in [4.69, 9.17) is 0 Å². The van der Waals surface area contributed by atoms with Gasteiger partial charge in [0.25, 0.3) is 0 Å². The Morgan fingerprint density at radius 3 is 2.56 bits per heavy atom. The van der Waals surface area contributed by atoms with E-state index < -0.39 is 21.7 Å². The fourth-order valence-corrected chi connectivity index (χ4v) is 10.5. The number of allylic oxidation sites excluding steroid dienone is 3. The number of fused-ring (bicyclic) bond motifs is 1. The molecule has 0 aliphatic heterocycles. The molecule has 0 radical (unpaired) electrons. The molecule has 4 aliphatic carbocycles. The van der Waals surface area contributed by atoms with Crippen LogP contribution in [0, 0.1) is 23.2 Å². The molecule has 2 N–H and O–H groups in total. The summed E-state index contributed by atoms with van der Waals surface area (Å²) in [5.74, 6) is 6.06. The van der Waals surface area contributed by atoms with Crippen LogP contribution >= 0.6 is 0 Å². The number of rotatable bonds is 6. The second kappa shape index (κ2) is 9.60. The third-order valence-corrected chi connectivity index (χ3v) is 13.3. The highest BCUT2D eigenvalue weighted by Gasteiger charge is 2.56. The third-order valence-electron chi connectivity index (χ3n) is 10.3. The van der Waals surface area contributed by atoms with Gasteiger partial charge in [0.2, 0.25) is 0 Å². The first-order chi connectivity index (χ1) is 17.1. The fraction of sp³-hybridized carbons (Fsp3) is 0.594. The lowest BCUT2D eigenvalue weighted by molar-refractivity contribution is 0.0861. The second-order valence-corrected chi connectivity index (χ2v) is 15.2. The molecule has 1 aromatic rings. The quantitative estimate of drug-likeness (QED) is 0.434. The summed E-state index contributed by atoms with van der Waals surface area (Å²) in [5, 5.41) is 20.4. The van der Waals surface area contributed by atoms with Crippen LogP contribution in [0.5, 0.6) is 0 Å². The first-order valence-electron chi connectivity index (χ1n) is 13.9. The van der Waals surface area contributed by atoms with E-state index in [0.29, 0.717) is 30.6 Å². The molecule has 4 fully saturated rings. The lowest BCUT2D eigenvalue weighted by Gasteiger charge is -2.45. The zero-order valence-corrected chi connectivity index (χ0v) is 22.9. The van der Waals surface area contributed by atoms with Crippen molar-refractivity contribution in [3.63, 3.8) is 0 Å². The van der Waals surface area contributed by atoms with Crippen LogP contribution in [0.15, 0.2) is 70.7 Å². The van der Waals surface area contributed by atoms with Crippen LogP contribution in [0.2, 0.25) is 0 Å². The smallest absolute Gasteiger partial charge is 0.0811 e. The Balaban J connectivity index is 1.33. The van der Waals surface area contributed by atoms with Gasteiger partial charge >= 0.3 is 0 Å². The molecule has 0 saturated heterocycles. The van der Waals surface area contributed by atoms with Crippen molar-refractivity contribution in [1.29, 1.82) is 0 Å². The van der Waals surface area contributed by atoms with E-state index in [-0.39, 0.29) is 10.2 Å². The highest BCUT2D eigenvalue weighted by molar-refractivity contribution is 8.01. The normalized spacial score (nSPS) is 38.5. The average Bonchev–Trinajstić information content (AvgIpc) is 3.54. The molecule has 0 bridgehead atoms. The fourth-order valence-electron chi connectivity index (χ4n) is 8.11. The standard InChI is InChI=1S/C32H44O3S/c1-22(21-32(17-18-32)36(4,35)27-10-6-5-7-11-27)28-14-15-29-24(9-8-16-31(28,29)3)12-13-25-19-26(33)20-30(34)23(25)2/h5-7,10-13,22,26,28-30,33-34H,2,4,8-9,14-21H2,1,3H3/b24-12+,25-13-/t22-,26-,28-,29+,30+,31-,36?/m1/s1. The minimum atomic E-state index is -2.32. The van der Waals surface area contributed by atoms with Crippen molar-refractivity contribution in [3.05, 3.63) is 65.8 Å². The van der Waals surface area contributed by atoms with Crippen LogP contribution in [0.4, 0.5) is 0 Å². The maximum absolute atomic E-state index is 14.0. The van der Waals surface area contributed by atoms with Crippen LogP contribution in [0.1, 0.15) is 78.1 Å². The summed E-state index contributed by atoms with van der Waals surface area (Å²) in [6.45, 7) is 9.01. The molecular formula is C32H44O3S. The minimum absolute atomic E-state index is 0.136. The van der Waals surface area contributed by atoms with Crippen LogP contribution in [-0.4, -0.2) is 37.2 Å². The Morgan fingerprint density at radius 2 is 1.86 bits per heavy atom. The van der Waals surface area contributed by atoms with E-state index in [1.165, 1.54) is 31.3 Å². The number of hydrogen-bond donors (Lipinski definition) is 2. The molecule has 7 atom stereocenters. The first kappa shape index (κ1) is 26.0. The summed E-state index contributed by atoms with van der Waals surface area (Å²) in [6, 6.07) is 9.95. The van der Waals surface area contributed by atoms with Crippen molar-refractivity contribution >= 4 is 15.4 Å². The van der Waals surface area contributed by atoms with Gasteiger partial charge in [-0.2, -0.15) is 0 Å². The monoisotopic (exact) mass is 508 g/mol. The maximum atomic E-state index is 14.0. The van der Waals surface area contributed by atoms with Gasteiger partial charge in [-0.15, -0.1) is 0 Å². The summed E-state index contributed by atoms with van der Waals surface area (Å²) in [4.78, 5) is 0.917. The van der Waals surface area contributed by atoms with Crippen molar-refractivity contribution in [1.82, 2.24) is 0 Å². The van der Waals surface area contributed by atoms with Gasteiger partial charge in [-0.05, 0) is 110 Å². The Bertz CT molecular complexity index is 1160. The van der Waals surface area contributed by atoms with E-state index in [1.54, 1.807) is 0 Å². The second-order valence-electron chi connectivity index (χ2n) is 12.5. The van der Waals surface area contributed by atoms with E-state index in [0.717, 1.165) is 41.7 Å². The average molecular weight is 509 g/mol. The molecule has 5 rings (SSSR count). The Kier molecular flexibility index (Phi) is 6.93. The van der Waals surface area contributed by atoms with E-state index in [1.807, 2.05) is 30.3 Å². The summed E-state index contributed by atoms with van der Waals surface area (Å²) >= 11 is 0. The number of hydrogen-bond acceptors (Lipinski definition) is 3. The predicted molar refractivity (Wildman–Crippen MR) is 150 cm³/mol. The molecule has 1 unspecified atom stereocenters. The van der Waals surface area contributed by atoms with Crippen molar-refractivity contribution in [2.75, 3.05) is 0 Å². The summed E-state index contributed by atoms with van der Waals surface area (Å²) < 4.78 is 13.8. The zero-order chi connectivity index (χ0) is 25.7. The van der Waals surface area contributed by atoms with Gasteiger partial charge in [0.05, 0.1) is 12.2 Å². The molecule has 1 aromatic carbocycles.